The third-order valence-corrected chi connectivity index (χ3v) is 6.01. The molecule has 1 aromatic carbocycles. The first-order valence-corrected chi connectivity index (χ1v) is 10.3. The zero-order valence-electron chi connectivity index (χ0n) is 18.5. The van der Waals surface area contributed by atoms with Crippen molar-refractivity contribution in [2.45, 2.75) is 32.9 Å². The van der Waals surface area contributed by atoms with Gasteiger partial charge in [0.05, 0.1) is 26.5 Å². The number of Topliss-reactive ketones (excluding diaryl/α,β-unsaturated/α-hetero) is 1. The molecule has 1 N–H and O–H groups in total. The Bertz CT molecular complexity index is 1180. The van der Waals surface area contributed by atoms with Crippen molar-refractivity contribution in [2.75, 3.05) is 13.7 Å². The standard InChI is InChI=1S/C24H25N3O5/c1-15-12-20(16(2)26(15)13-19-6-5-11-32-19)21(28)14-27-22(29)24(3,25-23(27)30)17-7-9-18(31-4)10-8-17/h5-12H,13-14H2,1-4H3,(H,25,30)/t24-/m0/s1. The van der Waals surface area contributed by atoms with Crippen LogP contribution < -0.4 is 10.1 Å². The van der Waals surface area contributed by atoms with Gasteiger partial charge in [0.1, 0.15) is 17.0 Å². The number of methoxy groups -OCH3 is 1. The molecule has 0 aliphatic carbocycles. The first-order chi connectivity index (χ1) is 15.2. The second-order valence-electron chi connectivity index (χ2n) is 8.05. The second kappa shape index (κ2) is 8.03. The highest BCUT2D eigenvalue weighted by Crippen LogP contribution is 2.30. The highest BCUT2D eigenvalue weighted by molar-refractivity contribution is 6.11. The van der Waals surface area contributed by atoms with Crippen LogP contribution in [0.2, 0.25) is 0 Å². The van der Waals surface area contributed by atoms with Gasteiger partial charge in [-0.2, -0.15) is 0 Å². The van der Waals surface area contributed by atoms with Crippen molar-refractivity contribution < 1.29 is 23.5 Å². The molecule has 0 unspecified atom stereocenters. The number of amides is 3. The van der Waals surface area contributed by atoms with E-state index < -0.39 is 17.5 Å². The molecule has 1 fully saturated rings. The number of hydrogen-bond acceptors (Lipinski definition) is 5. The number of carbonyl (C=O) groups is 3. The van der Waals surface area contributed by atoms with E-state index in [1.54, 1.807) is 50.6 Å². The van der Waals surface area contributed by atoms with Gasteiger partial charge in [0.15, 0.2) is 5.78 Å². The molecule has 3 amide bonds. The zero-order valence-corrected chi connectivity index (χ0v) is 18.5. The molecule has 8 nitrogen and oxygen atoms in total. The molecule has 4 rings (SSSR count). The number of ketones is 1. The molecule has 1 aliphatic rings. The van der Waals surface area contributed by atoms with Gasteiger partial charge in [-0.05, 0) is 56.7 Å². The molecule has 3 heterocycles. The fourth-order valence-corrected chi connectivity index (χ4v) is 4.07. The van der Waals surface area contributed by atoms with Crippen LogP contribution in [-0.4, -0.2) is 40.8 Å². The summed E-state index contributed by atoms with van der Waals surface area (Å²) in [4.78, 5) is 39.9. The number of ether oxygens (including phenoxy) is 1. The Morgan fingerprint density at radius 1 is 1.16 bits per heavy atom. The average Bonchev–Trinajstić information content (AvgIpc) is 3.45. The molecule has 3 aromatic rings. The van der Waals surface area contributed by atoms with Crippen molar-refractivity contribution in [3.05, 3.63) is 77.0 Å². The lowest BCUT2D eigenvalue weighted by Gasteiger charge is -2.22. The minimum absolute atomic E-state index is 0.300. The van der Waals surface area contributed by atoms with E-state index in [0.29, 0.717) is 23.4 Å². The Morgan fingerprint density at radius 3 is 2.50 bits per heavy atom. The lowest BCUT2D eigenvalue weighted by Crippen LogP contribution is -2.41. The lowest BCUT2D eigenvalue weighted by atomic mass is 9.92. The second-order valence-corrected chi connectivity index (χ2v) is 8.05. The Hall–Kier alpha value is -3.81. The number of rotatable bonds is 7. The summed E-state index contributed by atoms with van der Waals surface area (Å²) in [5, 5.41) is 2.73. The van der Waals surface area contributed by atoms with E-state index in [1.165, 1.54) is 0 Å². The van der Waals surface area contributed by atoms with Crippen molar-refractivity contribution in [1.29, 1.82) is 0 Å². The molecule has 0 spiro atoms. The molecule has 2 aromatic heterocycles. The maximum Gasteiger partial charge on any atom is 0.325 e. The van der Waals surface area contributed by atoms with Crippen LogP contribution >= 0.6 is 0 Å². The predicted octanol–water partition coefficient (Wildman–Crippen LogP) is 3.40. The Labute approximate surface area is 185 Å². The van der Waals surface area contributed by atoms with Crippen LogP contribution in [0, 0.1) is 13.8 Å². The molecule has 32 heavy (non-hydrogen) atoms. The van der Waals surface area contributed by atoms with Gasteiger partial charge in [0, 0.05) is 17.0 Å². The summed E-state index contributed by atoms with van der Waals surface area (Å²) in [6.07, 6.45) is 1.60. The highest BCUT2D eigenvalue weighted by Gasteiger charge is 2.49. The van der Waals surface area contributed by atoms with Crippen LogP contribution in [0.4, 0.5) is 4.79 Å². The van der Waals surface area contributed by atoms with Crippen molar-refractivity contribution in [2.24, 2.45) is 0 Å². The fraction of sp³-hybridized carbons (Fsp3) is 0.292. The van der Waals surface area contributed by atoms with Crippen molar-refractivity contribution in [1.82, 2.24) is 14.8 Å². The summed E-state index contributed by atoms with van der Waals surface area (Å²) in [5.74, 6) is 0.651. The van der Waals surface area contributed by atoms with E-state index in [0.717, 1.165) is 22.0 Å². The molecule has 1 saturated heterocycles. The molecule has 0 saturated carbocycles. The summed E-state index contributed by atoms with van der Waals surface area (Å²) >= 11 is 0. The number of imide groups is 1. The molecule has 1 aliphatic heterocycles. The van der Waals surface area contributed by atoms with Gasteiger partial charge in [-0.15, -0.1) is 0 Å². The molecule has 0 radical (unpaired) electrons. The molecule has 8 heteroatoms. The van der Waals surface area contributed by atoms with Crippen LogP contribution in [-0.2, 0) is 16.9 Å². The zero-order chi connectivity index (χ0) is 23.0. The fourth-order valence-electron chi connectivity index (χ4n) is 4.07. The van der Waals surface area contributed by atoms with Crippen LogP contribution in [0.15, 0.2) is 53.1 Å². The van der Waals surface area contributed by atoms with Gasteiger partial charge in [0.25, 0.3) is 5.91 Å². The van der Waals surface area contributed by atoms with Crippen molar-refractivity contribution in [3.63, 3.8) is 0 Å². The van der Waals surface area contributed by atoms with Gasteiger partial charge >= 0.3 is 6.03 Å². The van der Waals surface area contributed by atoms with E-state index in [1.807, 2.05) is 30.5 Å². The molecule has 0 bridgehead atoms. The number of aryl methyl sites for hydroxylation is 1. The van der Waals surface area contributed by atoms with Gasteiger partial charge in [0.2, 0.25) is 0 Å². The van der Waals surface area contributed by atoms with Crippen LogP contribution in [0.25, 0.3) is 0 Å². The first-order valence-electron chi connectivity index (χ1n) is 10.3. The number of benzene rings is 1. The third-order valence-electron chi connectivity index (χ3n) is 6.01. The quantitative estimate of drug-likeness (QED) is 0.453. The number of hydrogen-bond donors (Lipinski definition) is 1. The van der Waals surface area contributed by atoms with Crippen molar-refractivity contribution in [3.8, 4) is 5.75 Å². The van der Waals surface area contributed by atoms with E-state index in [9.17, 15) is 14.4 Å². The molecule has 1 atom stereocenters. The summed E-state index contributed by atoms with van der Waals surface area (Å²) in [7, 11) is 1.55. The number of aromatic nitrogens is 1. The smallest absolute Gasteiger partial charge is 0.325 e. The summed E-state index contributed by atoms with van der Waals surface area (Å²) in [6, 6.07) is 11.8. The Kier molecular flexibility index (Phi) is 5.38. The number of nitrogens with zero attached hydrogens (tertiary/aromatic N) is 2. The summed E-state index contributed by atoms with van der Waals surface area (Å²) < 4.78 is 12.5. The normalized spacial score (nSPS) is 18.2. The van der Waals surface area contributed by atoms with Gasteiger partial charge in [-0.1, -0.05) is 12.1 Å². The minimum atomic E-state index is -1.25. The Balaban J connectivity index is 1.54. The number of nitrogens with one attached hydrogen (secondary N) is 1. The topological polar surface area (TPSA) is 93.8 Å². The van der Waals surface area contributed by atoms with Crippen molar-refractivity contribution >= 4 is 17.7 Å². The average molecular weight is 435 g/mol. The molecule has 166 valence electrons. The predicted molar refractivity (Wildman–Crippen MR) is 117 cm³/mol. The third kappa shape index (κ3) is 3.57. The van der Waals surface area contributed by atoms with Gasteiger partial charge in [-0.3, -0.25) is 14.5 Å². The first kappa shape index (κ1) is 21.4. The number of furan rings is 1. The van der Waals surface area contributed by atoms with Crippen LogP contribution in [0.1, 0.15) is 40.0 Å². The van der Waals surface area contributed by atoms with Crippen LogP contribution in [0.5, 0.6) is 5.75 Å². The van der Waals surface area contributed by atoms with E-state index in [4.69, 9.17) is 9.15 Å². The largest absolute Gasteiger partial charge is 0.497 e. The number of urea groups is 1. The maximum atomic E-state index is 13.2. The summed E-state index contributed by atoms with van der Waals surface area (Å²) in [6.45, 7) is 5.55. The van der Waals surface area contributed by atoms with E-state index >= 15 is 0 Å². The van der Waals surface area contributed by atoms with E-state index in [-0.39, 0.29) is 12.3 Å². The minimum Gasteiger partial charge on any atom is -0.497 e. The van der Waals surface area contributed by atoms with E-state index in [2.05, 4.69) is 5.32 Å². The van der Waals surface area contributed by atoms with Gasteiger partial charge in [-0.25, -0.2) is 4.79 Å². The highest BCUT2D eigenvalue weighted by atomic mass is 16.5. The number of carbonyl (C=O) groups excluding carboxylic acids is 3. The monoisotopic (exact) mass is 435 g/mol. The summed E-state index contributed by atoms with van der Waals surface area (Å²) in [5.41, 5.74) is 1.49. The Morgan fingerprint density at radius 2 is 1.88 bits per heavy atom. The maximum absolute atomic E-state index is 13.2. The van der Waals surface area contributed by atoms with Crippen LogP contribution in [0.3, 0.4) is 0 Å². The SMILES string of the molecule is COc1ccc([C@]2(C)NC(=O)N(CC(=O)c3cc(C)n(Cc4ccco4)c3C)C2=O)cc1. The molecular weight excluding hydrogens is 410 g/mol. The lowest BCUT2D eigenvalue weighted by molar-refractivity contribution is -0.130. The molecular formula is C24H25N3O5. The van der Waals surface area contributed by atoms with Gasteiger partial charge < -0.3 is 19.0 Å².